The molecule has 0 unspecified atom stereocenters. The molecule has 0 saturated heterocycles. The number of alkyl halides is 3. The summed E-state index contributed by atoms with van der Waals surface area (Å²) in [6.07, 6.45) is -4.17. The van der Waals surface area contributed by atoms with Crippen LogP contribution >= 0.6 is 15.9 Å². The molecule has 1 rings (SSSR count). The zero-order chi connectivity index (χ0) is 12.9. The second-order valence-electron chi connectivity index (χ2n) is 3.55. The molecule has 0 aliphatic heterocycles. The Morgan fingerprint density at radius 3 is 2.71 bits per heavy atom. The van der Waals surface area contributed by atoms with Crippen LogP contribution in [0, 0.1) is 6.92 Å². The van der Waals surface area contributed by atoms with Crippen molar-refractivity contribution in [3.05, 3.63) is 28.2 Å². The van der Waals surface area contributed by atoms with Gasteiger partial charge in [0, 0.05) is 11.0 Å². The highest BCUT2D eigenvalue weighted by Crippen LogP contribution is 2.22. The van der Waals surface area contributed by atoms with Crippen LogP contribution in [-0.2, 0) is 0 Å². The SMILES string of the molecule is Cc1ccc(Br)cc1OCCNCC(F)(F)F. The summed E-state index contributed by atoms with van der Waals surface area (Å²) in [7, 11) is 0. The van der Waals surface area contributed by atoms with Crippen molar-refractivity contribution >= 4 is 15.9 Å². The standard InChI is InChI=1S/C11H13BrF3NO/c1-8-2-3-9(12)6-10(8)17-5-4-16-7-11(13,14)15/h2-3,6,16H,4-5,7H2,1H3. The molecule has 0 amide bonds. The van der Waals surface area contributed by atoms with E-state index in [1.54, 1.807) is 6.07 Å². The van der Waals surface area contributed by atoms with Crippen LogP contribution in [0.2, 0.25) is 0 Å². The van der Waals surface area contributed by atoms with Crippen molar-refractivity contribution in [2.45, 2.75) is 13.1 Å². The molecular weight excluding hydrogens is 299 g/mol. The number of aryl methyl sites for hydroxylation is 1. The normalized spacial score (nSPS) is 11.6. The number of benzene rings is 1. The Hall–Kier alpha value is -0.750. The maximum atomic E-state index is 11.8. The smallest absolute Gasteiger partial charge is 0.401 e. The van der Waals surface area contributed by atoms with Crippen LogP contribution in [0.3, 0.4) is 0 Å². The van der Waals surface area contributed by atoms with E-state index in [1.165, 1.54) is 0 Å². The molecule has 0 fully saturated rings. The minimum absolute atomic E-state index is 0.158. The third-order valence-corrected chi connectivity index (χ3v) is 2.51. The second kappa shape index (κ2) is 6.26. The second-order valence-corrected chi connectivity index (χ2v) is 4.47. The van der Waals surface area contributed by atoms with E-state index in [4.69, 9.17) is 4.74 Å². The first-order valence-electron chi connectivity index (χ1n) is 5.05. The molecule has 17 heavy (non-hydrogen) atoms. The highest BCUT2D eigenvalue weighted by Gasteiger charge is 2.25. The molecule has 0 radical (unpaired) electrons. The van der Waals surface area contributed by atoms with Crippen molar-refractivity contribution in [2.75, 3.05) is 19.7 Å². The summed E-state index contributed by atoms with van der Waals surface area (Å²) in [6.45, 7) is 1.25. The van der Waals surface area contributed by atoms with Gasteiger partial charge in [0.25, 0.3) is 0 Å². The van der Waals surface area contributed by atoms with Crippen LogP contribution in [0.5, 0.6) is 5.75 Å². The van der Waals surface area contributed by atoms with Gasteiger partial charge in [-0.1, -0.05) is 22.0 Å². The number of hydrogen-bond donors (Lipinski definition) is 1. The van der Waals surface area contributed by atoms with Gasteiger partial charge in [-0.05, 0) is 24.6 Å². The van der Waals surface area contributed by atoms with E-state index >= 15 is 0 Å². The van der Waals surface area contributed by atoms with E-state index in [2.05, 4.69) is 21.2 Å². The fourth-order valence-electron chi connectivity index (χ4n) is 1.19. The molecule has 6 heteroatoms. The van der Waals surface area contributed by atoms with Crippen LogP contribution < -0.4 is 10.1 Å². The number of halogens is 4. The maximum Gasteiger partial charge on any atom is 0.401 e. The average molecular weight is 312 g/mol. The summed E-state index contributed by atoms with van der Waals surface area (Å²) in [5.74, 6) is 0.674. The monoisotopic (exact) mass is 311 g/mol. The highest BCUT2D eigenvalue weighted by atomic mass is 79.9. The lowest BCUT2D eigenvalue weighted by atomic mass is 10.2. The van der Waals surface area contributed by atoms with Gasteiger partial charge in [0.2, 0.25) is 0 Å². The van der Waals surface area contributed by atoms with E-state index in [-0.39, 0.29) is 13.2 Å². The van der Waals surface area contributed by atoms with Gasteiger partial charge in [-0.3, -0.25) is 0 Å². The molecule has 0 aliphatic rings. The summed E-state index contributed by atoms with van der Waals surface area (Å²) in [5, 5.41) is 2.27. The predicted molar refractivity (Wildman–Crippen MR) is 63.3 cm³/mol. The largest absolute Gasteiger partial charge is 0.492 e. The lowest BCUT2D eigenvalue weighted by molar-refractivity contribution is -0.124. The Morgan fingerprint density at radius 1 is 1.35 bits per heavy atom. The summed E-state index contributed by atoms with van der Waals surface area (Å²) in [4.78, 5) is 0. The zero-order valence-corrected chi connectivity index (χ0v) is 10.9. The quantitative estimate of drug-likeness (QED) is 0.843. The molecule has 0 atom stereocenters. The molecule has 96 valence electrons. The molecule has 0 saturated carbocycles. The van der Waals surface area contributed by atoms with Gasteiger partial charge in [-0.25, -0.2) is 0 Å². The fourth-order valence-corrected chi connectivity index (χ4v) is 1.53. The van der Waals surface area contributed by atoms with Crippen molar-refractivity contribution in [1.29, 1.82) is 0 Å². The first-order chi connectivity index (χ1) is 7.88. The van der Waals surface area contributed by atoms with Crippen LogP contribution in [-0.4, -0.2) is 25.9 Å². The van der Waals surface area contributed by atoms with Crippen molar-refractivity contribution in [1.82, 2.24) is 5.32 Å². The van der Waals surface area contributed by atoms with Crippen molar-refractivity contribution in [2.24, 2.45) is 0 Å². The topological polar surface area (TPSA) is 21.3 Å². The van der Waals surface area contributed by atoms with Gasteiger partial charge in [0.15, 0.2) is 0 Å². The minimum Gasteiger partial charge on any atom is -0.492 e. The molecule has 2 nitrogen and oxygen atoms in total. The van der Waals surface area contributed by atoms with Gasteiger partial charge >= 0.3 is 6.18 Å². The highest BCUT2D eigenvalue weighted by molar-refractivity contribution is 9.10. The van der Waals surface area contributed by atoms with Gasteiger partial charge in [-0.2, -0.15) is 13.2 Å². The van der Waals surface area contributed by atoms with Crippen LogP contribution in [0.1, 0.15) is 5.56 Å². The molecule has 1 N–H and O–H groups in total. The Balaban J connectivity index is 2.29. The van der Waals surface area contributed by atoms with E-state index < -0.39 is 12.7 Å². The molecule has 0 aliphatic carbocycles. The fraction of sp³-hybridized carbons (Fsp3) is 0.455. The summed E-state index contributed by atoms with van der Waals surface area (Å²) >= 11 is 3.30. The van der Waals surface area contributed by atoms with E-state index in [1.807, 2.05) is 19.1 Å². The average Bonchev–Trinajstić information content (AvgIpc) is 2.21. The summed E-state index contributed by atoms with van der Waals surface area (Å²) in [6, 6.07) is 5.55. The predicted octanol–water partition coefficient (Wildman–Crippen LogP) is 3.29. The molecule has 0 bridgehead atoms. The van der Waals surface area contributed by atoms with Crippen molar-refractivity contribution < 1.29 is 17.9 Å². The van der Waals surface area contributed by atoms with Gasteiger partial charge < -0.3 is 10.1 Å². The van der Waals surface area contributed by atoms with Crippen molar-refractivity contribution in [3.8, 4) is 5.75 Å². The van der Waals surface area contributed by atoms with E-state index in [9.17, 15) is 13.2 Å². The lowest BCUT2D eigenvalue weighted by Gasteiger charge is -2.11. The third-order valence-electron chi connectivity index (χ3n) is 2.01. The molecule has 0 heterocycles. The third kappa shape index (κ3) is 5.93. The van der Waals surface area contributed by atoms with E-state index in [0.29, 0.717) is 5.75 Å². The van der Waals surface area contributed by atoms with Crippen molar-refractivity contribution in [3.63, 3.8) is 0 Å². The first-order valence-corrected chi connectivity index (χ1v) is 5.84. The molecular formula is C11H13BrF3NO. The molecule has 0 spiro atoms. The number of nitrogens with one attached hydrogen (secondary N) is 1. The number of hydrogen-bond acceptors (Lipinski definition) is 2. The van der Waals surface area contributed by atoms with E-state index in [0.717, 1.165) is 10.0 Å². The Bertz CT molecular complexity index is 368. The molecule has 1 aromatic carbocycles. The van der Waals surface area contributed by atoms with Gasteiger partial charge in [0.1, 0.15) is 12.4 Å². The van der Waals surface area contributed by atoms with Crippen LogP contribution in [0.4, 0.5) is 13.2 Å². The zero-order valence-electron chi connectivity index (χ0n) is 9.27. The van der Waals surface area contributed by atoms with Gasteiger partial charge in [0.05, 0.1) is 6.54 Å². The number of ether oxygens (including phenoxy) is 1. The molecule has 1 aromatic rings. The number of rotatable bonds is 5. The van der Waals surface area contributed by atoms with Crippen LogP contribution in [0.15, 0.2) is 22.7 Å². The summed E-state index contributed by atoms with van der Waals surface area (Å²) < 4.78 is 41.7. The Labute approximate surface area is 106 Å². The maximum absolute atomic E-state index is 11.8. The van der Waals surface area contributed by atoms with Crippen LogP contribution in [0.25, 0.3) is 0 Å². The molecule has 0 aromatic heterocycles. The summed E-state index contributed by atoms with van der Waals surface area (Å²) in [5.41, 5.74) is 0.948. The van der Waals surface area contributed by atoms with Gasteiger partial charge in [-0.15, -0.1) is 0 Å². The first kappa shape index (κ1) is 14.3. The lowest BCUT2D eigenvalue weighted by Crippen LogP contribution is -2.31. The minimum atomic E-state index is -4.17. The Kier molecular flexibility index (Phi) is 5.27. The Morgan fingerprint density at radius 2 is 2.06 bits per heavy atom.